The Labute approximate surface area is 140 Å². The molecule has 2 aliphatic carbocycles. The molecule has 0 atom stereocenters. The van der Waals surface area contributed by atoms with Crippen molar-refractivity contribution in [1.82, 2.24) is 5.32 Å². The monoisotopic (exact) mass is 317 g/mol. The molecule has 3 nitrogen and oxygen atoms in total. The number of hydrogen-bond acceptors (Lipinski definition) is 3. The normalized spacial score (nSPS) is 19.3. The second kappa shape index (κ2) is 8.58. The average molecular weight is 317 g/mol. The molecule has 0 unspecified atom stereocenters. The molecule has 0 heterocycles. The quantitative estimate of drug-likeness (QED) is 0.717. The van der Waals surface area contributed by atoms with Gasteiger partial charge < -0.3 is 14.8 Å². The second-order valence-corrected chi connectivity index (χ2v) is 6.93. The van der Waals surface area contributed by atoms with Crippen LogP contribution >= 0.6 is 0 Å². The van der Waals surface area contributed by atoms with Gasteiger partial charge in [0, 0.05) is 0 Å². The molecule has 23 heavy (non-hydrogen) atoms. The summed E-state index contributed by atoms with van der Waals surface area (Å²) in [5.41, 5.74) is 1.33. The molecule has 128 valence electrons. The first-order valence-corrected chi connectivity index (χ1v) is 9.52. The van der Waals surface area contributed by atoms with E-state index >= 15 is 0 Å². The summed E-state index contributed by atoms with van der Waals surface area (Å²) in [7, 11) is 0. The third-order valence-electron chi connectivity index (χ3n) is 5.04. The maximum absolute atomic E-state index is 6.32. The number of likely N-dealkylation sites (N-methyl/N-ethyl adjacent to an activating group) is 1. The second-order valence-electron chi connectivity index (χ2n) is 6.93. The third kappa shape index (κ3) is 4.87. The van der Waals surface area contributed by atoms with Crippen LogP contribution in [0.1, 0.15) is 63.9 Å². The predicted octanol–water partition coefficient (Wildman–Crippen LogP) is 4.48. The van der Waals surface area contributed by atoms with E-state index in [1.165, 1.54) is 56.9 Å². The topological polar surface area (TPSA) is 30.5 Å². The van der Waals surface area contributed by atoms with Crippen LogP contribution in [0, 0.1) is 0 Å². The minimum absolute atomic E-state index is 0.380. The molecule has 1 N–H and O–H groups in total. The summed E-state index contributed by atoms with van der Waals surface area (Å²) < 4.78 is 12.6. The van der Waals surface area contributed by atoms with Gasteiger partial charge in [0.05, 0.1) is 12.2 Å². The van der Waals surface area contributed by atoms with E-state index in [1.54, 1.807) is 0 Å². The molecule has 1 aromatic carbocycles. The zero-order valence-electron chi connectivity index (χ0n) is 14.5. The Bertz CT molecular complexity index is 477. The van der Waals surface area contributed by atoms with Crippen LogP contribution < -0.4 is 14.8 Å². The van der Waals surface area contributed by atoms with Crippen molar-refractivity contribution in [2.24, 2.45) is 0 Å². The van der Waals surface area contributed by atoms with Gasteiger partial charge in [-0.1, -0.05) is 13.0 Å². The summed E-state index contributed by atoms with van der Waals surface area (Å²) in [5, 5.41) is 3.39. The fourth-order valence-electron chi connectivity index (χ4n) is 3.68. The molecule has 0 saturated heterocycles. The molecule has 2 saturated carbocycles. The van der Waals surface area contributed by atoms with Gasteiger partial charge in [0.25, 0.3) is 0 Å². The minimum atomic E-state index is 0.380. The van der Waals surface area contributed by atoms with Gasteiger partial charge in [-0.15, -0.1) is 0 Å². The van der Waals surface area contributed by atoms with Crippen molar-refractivity contribution in [3.05, 3.63) is 23.8 Å². The van der Waals surface area contributed by atoms with E-state index in [1.807, 2.05) is 0 Å². The zero-order chi connectivity index (χ0) is 15.9. The largest absolute Gasteiger partial charge is 0.487 e. The van der Waals surface area contributed by atoms with Crippen molar-refractivity contribution < 1.29 is 9.47 Å². The van der Waals surface area contributed by atoms with E-state index in [0.29, 0.717) is 12.2 Å². The van der Waals surface area contributed by atoms with Gasteiger partial charge in [-0.3, -0.25) is 0 Å². The van der Waals surface area contributed by atoms with E-state index in [2.05, 4.69) is 30.4 Å². The van der Waals surface area contributed by atoms with Gasteiger partial charge in [-0.25, -0.2) is 0 Å². The SMILES string of the molecule is CCNCCc1ccc(OC2CCCC2)c(OC2CCCC2)c1. The highest BCUT2D eigenvalue weighted by molar-refractivity contribution is 5.43. The Morgan fingerprint density at radius 3 is 2.13 bits per heavy atom. The van der Waals surface area contributed by atoms with E-state index in [0.717, 1.165) is 31.0 Å². The number of ether oxygens (including phenoxy) is 2. The molecule has 2 aliphatic rings. The molecule has 1 aromatic rings. The van der Waals surface area contributed by atoms with E-state index in [9.17, 15) is 0 Å². The first-order valence-electron chi connectivity index (χ1n) is 9.52. The molecule has 0 aromatic heterocycles. The number of nitrogens with one attached hydrogen (secondary N) is 1. The molecular formula is C20H31NO2. The van der Waals surface area contributed by atoms with Crippen molar-refractivity contribution >= 4 is 0 Å². The lowest BCUT2D eigenvalue weighted by Crippen LogP contribution is -2.17. The summed E-state index contributed by atoms with van der Waals surface area (Å²) in [6, 6.07) is 6.53. The van der Waals surface area contributed by atoms with Gasteiger partial charge >= 0.3 is 0 Å². The fourth-order valence-corrected chi connectivity index (χ4v) is 3.68. The summed E-state index contributed by atoms with van der Waals surface area (Å²) in [4.78, 5) is 0. The highest BCUT2D eigenvalue weighted by atomic mass is 16.5. The highest BCUT2D eigenvalue weighted by Gasteiger charge is 2.22. The molecular weight excluding hydrogens is 286 g/mol. The van der Waals surface area contributed by atoms with Crippen LogP contribution in [0.2, 0.25) is 0 Å². The van der Waals surface area contributed by atoms with Gasteiger partial charge in [-0.05, 0) is 88.6 Å². The van der Waals surface area contributed by atoms with Crippen molar-refractivity contribution in [3.63, 3.8) is 0 Å². The number of hydrogen-bond donors (Lipinski definition) is 1. The molecule has 0 spiro atoms. The standard InChI is InChI=1S/C20H31NO2/c1-2-21-14-13-16-11-12-19(22-17-7-3-4-8-17)20(15-16)23-18-9-5-6-10-18/h11-12,15,17-18,21H,2-10,13-14H2,1H3. The van der Waals surface area contributed by atoms with Crippen LogP contribution in [0.3, 0.4) is 0 Å². The van der Waals surface area contributed by atoms with Crippen LogP contribution in [0.5, 0.6) is 11.5 Å². The van der Waals surface area contributed by atoms with E-state index in [4.69, 9.17) is 9.47 Å². The third-order valence-corrected chi connectivity index (χ3v) is 5.04. The van der Waals surface area contributed by atoms with Crippen LogP contribution in [0.15, 0.2) is 18.2 Å². The molecule has 3 rings (SSSR count). The average Bonchev–Trinajstić information content (AvgIpc) is 3.24. The Hall–Kier alpha value is -1.22. The fraction of sp³-hybridized carbons (Fsp3) is 0.700. The summed E-state index contributed by atoms with van der Waals surface area (Å²) in [6.07, 6.45) is 11.7. The summed E-state index contributed by atoms with van der Waals surface area (Å²) in [5.74, 6) is 1.92. The molecule has 2 fully saturated rings. The Kier molecular flexibility index (Phi) is 6.21. The minimum Gasteiger partial charge on any atom is -0.487 e. The lowest BCUT2D eigenvalue weighted by Gasteiger charge is -2.20. The number of rotatable bonds is 8. The van der Waals surface area contributed by atoms with E-state index in [-0.39, 0.29) is 0 Å². The highest BCUT2D eigenvalue weighted by Crippen LogP contribution is 2.35. The van der Waals surface area contributed by atoms with Crippen molar-refractivity contribution in [3.8, 4) is 11.5 Å². The smallest absolute Gasteiger partial charge is 0.161 e. The summed E-state index contributed by atoms with van der Waals surface area (Å²) >= 11 is 0. The zero-order valence-corrected chi connectivity index (χ0v) is 14.5. The summed E-state index contributed by atoms with van der Waals surface area (Å²) in [6.45, 7) is 4.18. The van der Waals surface area contributed by atoms with Crippen LogP contribution in [-0.4, -0.2) is 25.3 Å². The maximum Gasteiger partial charge on any atom is 0.161 e. The predicted molar refractivity (Wildman–Crippen MR) is 94.5 cm³/mol. The Morgan fingerprint density at radius 2 is 1.52 bits per heavy atom. The molecule has 0 aliphatic heterocycles. The van der Waals surface area contributed by atoms with E-state index < -0.39 is 0 Å². The van der Waals surface area contributed by atoms with Crippen LogP contribution in [-0.2, 0) is 6.42 Å². The van der Waals surface area contributed by atoms with Crippen molar-refractivity contribution in [1.29, 1.82) is 0 Å². The van der Waals surface area contributed by atoms with Gasteiger partial charge in [0.2, 0.25) is 0 Å². The number of benzene rings is 1. The maximum atomic E-state index is 6.32. The lowest BCUT2D eigenvalue weighted by molar-refractivity contribution is 0.170. The van der Waals surface area contributed by atoms with Crippen LogP contribution in [0.25, 0.3) is 0 Å². The van der Waals surface area contributed by atoms with Crippen LogP contribution in [0.4, 0.5) is 0 Å². The van der Waals surface area contributed by atoms with Crippen molar-refractivity contribution in [2.45, 2.75) is 76.9 Å². The molecule has 0 radical (unpaired) electrons. The lowest BCUT2D eigenvalue weighted by atomic mass is 10.1. The Morgan fingerprint density at radius 1 is 0.913 bits per heavy atom. The van der Waals surface area contributed by atoms with Gasteiger partial charge in [0.1, 0.15) is 0 Å². The molecule has 0 bridgehead atoms. The molecule has 0 amide bonds. The Balaban J connectivity index is 1.69. The van der Waals surface area contributed by atoms with Crippen molar-refractivity contribution in [2.75, 3.05) is 13.1 Å². The first kappa shape index (κ1) is 16.6. The van der Waals surface area contributed by atoms with Gasteiger partial charge in [0.15, 0.2) is 11.5 Å². The van der Waals surface area contributed by atoms with Gasteiger partial charge in [-0.2, -0.15) is 0 Å². The first-order chi connectivity index (χ1) is 11.3. The molecule has 3 heteroatoms.